The first kappa shape index (κ1) is 11.5. The van der Waals surface area contributed by atoms with E-state index in [2.05, 4.69) is 24.3 Å². The molecule has 0 saturated heterocycles. The van der Waals surface area contributed by atoms with E-state index in [1.807, 2.05) is 0 Å². The van der Waals surface area contributed by atoms with E-state index in [1.165, 1.54) is 14.2 Å². The molecule has 0 spiro atoms. The topological polar surface area (TPSA) is 52.6 Å². The van der Waals surface area contributed by atoms with Gasteiger partial charge in [0.1, 0.15) is 0 Å². The molecule has 4 aliphatic rings. The number of ether oxygens (including phenoxy) is 2. The number of methoxy groups -OCH3 is 2. The Labute approximate surface area is 106 Å². The molecule has 4 heteroatoms. The summed E-state index contributed by atoms with van der Waals surface area (Å²) in [6, 6.07) is 0. The fraction of sp³-hybridized carbons (Fsp3) is 0.571. The fourth-order valence-corrected chi connectivity index (χ4v) is 3.73. The third-order valence-electron chi connectivity index (χ3n) is 4.61. The second-order valence-corrected chi connectivity index (χ2v) is 5.18. The van der Waals surface area contributed by atoms with Crippen molar-refractivity contribution in [3.63, 3.8) is 0 Å². The lowest BCUT2D eigenvalue weighted by atomic mass is 9.50. The van der Waals surface area contributed by atoms with Crippen molar-refractivity contribution in [1.82, 2.24) is 0 Å². The van der Waals surface area contributed by atoms with Crippen molar-refractivity contribution < 1.29 is 19.1 Å². The summed E-state index contributed by atoms with van der Waals surface area (Å²) in [6.45, 7) is 0. The van der Waals surface area contributed by atoms with Crippen molar-refractivity contribution in [3.8, 4) is 0 Å². The maximum Gasteiger partial charge on any atom is 0.310 e. The van der Waals surface area contributed by atoms with Crippen LogP contribution in [0.25, 0.3) is 0 Å². The molecule has 0 N–H and O–H groups in total. The number of hydrogen-bond donors (Lipinski definition) is 0. The number of rotatable bonds is 2. The van der Waals surface area contributed by atoms with E-state index >= 15 is 0 Å². The summed E-state index contributed by atoms with van der Waals surface area (Å²) in [5.41, 5.74) is 0. The Bertz CT molecular complexity index is 411. The molecule has 2 bridgehead atoms. The Morgan fingerprint density at radius 3 is 1.33 bits per heavy atom. The van der Waals surface area contributed by atoms with Crippen LogP contribution in [0.2, 0.25) is 0 Å². The van der Waals surface area contributed by atoms with Gasteiger partial charge in [-0.3, -0.25) is 9.59 Å². The van der Waals surface area contributed by atoms with Gasteiger partial charge in [-0.1, -0.05) is 24.3 Å². The normalized spacial score (nSPS) is 43.0. The lowest BCUT2D eigenvalue weighted by Gasteiger charge is -2.53. The van der Waals surface area contributed by atoms with Gasteiger partial charge in [0.05, 0.1) is 26.1 Å². The highest BCUT2D eigenvalue weighted by molar-refractivity contribution is 5.84. The molecule has 4 aliphatic carbocycles. The minimum Gasteiger partial charge on any atom is -0.469 e. The van der Waals surface area contributed by atoms with Crippen LogP contribution in [0.4, 0.5) is 0 Å². The third kappa shape index (κ3) is 1.32. The van der Waals surface area contributed by atoms with E-state index in [0.29, 0.717) is 11.8 Å². The quantitative estimate of drug-likeness (QED) is 0.544. The van der Waals surface area contributed by atoms with Crippen LogP contribution in [0, 0.1) is 35.5 Å². The molecule has 4 nitrogen and oxygen atoms in total. The zero-order valence-corrected chi connectivity index (χ0v) is 10.4. The summed E-state index contributed by atoms with van der Waals surface area (Å²) in [6.07, 6.45) is 8.40. The van der Waals surface area contributed by atoms with E-state index in [9.17, 15) is 9.59 Å². The first-order valence-electron chi connectivity index (χ1n) is 6.21. The highest BCUT2D eigenvalue weighted by Crippen LogP contribution is 2.56. The molecular formula is C14H16O4. The minimum absolute atomic E-state index is 0.0709. The molecule has 96 valence electrons. The van der Waals surface area contributed by atoms with Crippen molar-refractivity contribution in [2.45, 2.75) is 0 Å². The second kappa shape index (κ2) is 3.97. The van der Waals surface area contributed by atoms with E-state index in [4.69, 9.17) is 9.47 Å². The summed E-state index contributed by atoms with van der Waals surface area (Å²) in [4.78, 5) is 24.0. The van der Waals surface area contributed by atoms with Gasteiger partial charge in [0.2, 0.25) is 0 Å². The first-order chi connectivity index (χ1) is 8.69. The zero-order chi connectivity index (χ0) is 12.9. The van der Waals surface area contributed by atoms with Gasteiger partial charge in [-0.05, 0) is 23.7 Å². The lowest BCUT2D eigenvalue weighted by Crippen LogP contribution is -2.55. The standard InChI is InChI=1S/C14H16O4/c1-17-13(15)11-9-5-6-10(8-4-3-7(8)9)12(11)14(16)18-2/h3-12H,1-2H3/t7-,8+,9+,10-,11+,12-. The molecule has 0 aromatic rings. The first-order valence-corrected chi connectivity index (χ1v) is 6.21. The molecule has 0 aliphatic heterocycles. The Hall–Kier alpha value is -1.58. The van der Waals surface area contributed by atoms with E-state index in [1.54, 1.807) is 0 Å². The summed E-state index contributed by atoms with van der Waals surface area (Å²) >= 11 is 0. The molecule has 4 rings (SSSR count). The number of esters is 2. The second-order valence-electron chi connectivity index (χ2n) is 5.18. The summed E-state index contributed by atoms with van der Waals surface area (Å²) in [5.74, 6) is -0.502. The van der Waals surface area contributed by atoms with Crippen LogP contribution in [0.5, 0.6) is 0 Å². The van der Waals surface area contributed by atoms with E-state index in [-0.39, 0.29) is 23.8 Å². The predicted octanol–water partition coefficient (Wildman–Crippen LogP) is 1.18. The SMILES string of the molecule is COC(=O)[C@@H]1[C@@H]2C=C[C@@H]([C@@H]3C=C[C@@H]32)[C@@H]1C(=O)OC. The Kier molecular flexibility index (Phi) is 2.54. The largest absolute Gasteiger partial charge is 0.469 e. The molecule has 0 aromatic carbocycles. The number of hydrogen-bond acceptors (Lipinski definition) is 4. The van der Waals surface area contributed by atoms with E-state index < -0.39 is 11.8 Å². The highest BCUT2D eigenvalue weighted by Gasteiger charge is 2.58. The average molecular weight is 248 g/mol. The van der Waals surface area contributed by atoms with Crippen LogP contribution in [-0.2, 0) is 19.1 Å². The van der Waals surface area contributed by atoms with Crippen molar-refractivity contribution in [1.29, 1.82) is 0 Å². The molecule has 0 heterocycles. The van der Waals surface area contributed by atoms with Gasteiger partial charge in [-0.15, -0.1) is 0 Å². The summed E-state index contributed by atoms with van der Waals surface area (Å²) in [5, 5.41) is 0. The molecular weight excluding hydrogens is 232 g/mol. The molecule has 6 atom stereocenters. The van der Waals surface area contributed by atoms with Gasteiger partial charge in [0.15, 0.2) is 0 Å². The van der Waals surface area contributed by atoms with Crippen LogP contribution in [0.3, 0.4) is 0 Å². The van der Waals surface area contributed by atoms with Gasteiger partial charge >= 0.3 is 11.9 Å². The highest BCUT2D eigenvalue weighted by atomic mass is 16.5. The molecule has 0 radical (unpaired) electrons. The molecule has 0 aromatic heterocycles. The minimum atomic E-state index is -0.399. The van der Waals surface area contributed by atoms with Crippen LogP contribution in [0.15, 0.2) is 24.3 Å². The molecule has 1 fully saturated rings. The van der Waals surface area contributed by atoms with Gasteiger partial charge in [-0.25, -0.2) is 0 Å². The Morgan fingerprint density at radius 2 is 1.06 bits per heavy atom. The van der Waals surface area contributed by atoms with Crippen LogP contribution >= 0.6 is 0 Å². The Morgan fingerprint density at radius 1 is 0.722 bits per heavy atom. The number of fused-ring (bicyclic) bond motifs is 1. The summed E-state index contributed by atoms with van der Waals surface area (Å²) in [7, 11) is 2.74. The molecule has 0 unspecified atom stereocenters. The van der Waals surface area contributed by atoms with Crippen molar-refractivity contribution in [2.24, 2.45) is 35.5 Å². The smallest absolute Gasteiger partial charge is 0.310 e. The third-order valence-corrected chi connectivity index (χ3v) is 4.61. The van der Waals surface area contributed by atoms with Crippen molar-refractivity contribution >= 4 is 11.9 Å². The summed E-state index contributed by atoms with van der Waals surface area (Å²) < 4.78 is 9.74. The lowest BCUT2D eigenvalue weighted by molar-refractivity contribution is -0.167. The average Bonchev–Trinajstić information content (AvgIpc) is 2.35. The monoisotopic (exact) mass is 248 g/mol. The number of carbonyl (C=O) groups excluding carboxylic acids is 2. The Balaban J connectivity index is 2.00. The zero-order valence-electron chi connectivity index (χ0n) is 10.4. The van der Waals surface area contributed by atoms with Crippen LogP contribution in [-0.4, -0.2) is 26.2 Å². The maximum absolute atomic E-state index is 12.0. The van der Waals surface area contributed by atoms with Gasteiger partial charge in [0.25, 0.3) is 0 Å². The fourth-order valence-electron chi connectivity index (χ4n) is 3.73. The van der Waals surface area contributed by atoms with E-state index in [0.717, 1.165) is 0 Å². The molecule has 18 heavy (non-hydrogen) atoms. The number of carbonyl (C=O) groups is 2. The van der Waals surface area contributed by atoms with Crippen molar-refractivity contribution in [3.05, 3.63) is 24.3 Å². The van der Waals surface area contributed by atoms with Crippen LogP contribution in [0.1, 0.15) is 0 Å². The van der Waals surface area contributed by atoms with Gasteiger partial charge < -0.3 is 9.47 Å². The van der Waals surface area contributed by atoms with Gasteiger partial charge in [-0.2, -0.15) is 0 Å². The van der Waals surface area contributed by atoms with Crippen molar-refractivity contribution in [2.75, 3.05) is 14.2 Å². The molecule has 1 saturated carbocycles. The maximum atomic E-state index is 12.0. The molecule has 0 amide bonds. The predicted molar refractivity (Wildman–Crippen MR) is 63.3 cm³/mol. The van der Waals surface area contributed by atoms with Crippen LogP contribution < -0.4 is 0 Å². The van der Waals surface area contributed by atoms with Gasteiger partial charge in [0, 0.05) is 0 Å². The number of allylic oxidation sites excluding steroid dienone is 4.